The summed E-state index contributed by atoms with van der Waals surface area (Å²) in [5.41, 5.74) is 6.19. The van der Waals surface area contributed by atoms with Crippen LogP contribution in [0.2, 0.25) is 5.02 Å². The zero-order chi connectivity index (χ0) is 14.0. The van der Waals surface area contributed by atoms with E-state index in [0.717, 1.165) is 10.6 Å². The maximum atomic E-state index is 6.19. The summed E-state index contributed by atoms with van der Waals surface area (Å²) in [6.45, 7) is 6.34. The van der Waals surface area contributed by atoms with E-state index in [0.29, 0.717) is 6.04 Å². The lowest BCUT2D eigenvalue weighted by Crippen LogP contribution is -2.13. The lowest BCUT2D eigenvalue weighted by molar-refractivity contribution is 0.654. The molecular weight excluding hydrogens is 254 g/mol. The minimum Gasteiger partial charge on any atom is -0.313 e. The third kappa shape index (κ3) is 2.83. The molecule has 2 aromatic rings. The predicted octanol–water partition coefficient (Wildman–Crippen LogP) is 4.90. The molecule has 0 bridgehead atoms. The molecule has 1 nitrogen and oxygen atoms in total. The van der Waals surface area contributed by atoms with Crippen LogP contribution < -0.4 is 5.32 Å². The summed E-state index contributed by atoms with van der Waals surface area (Å²) in [5, 5.41) is 4.14. The van der Waals surface area contributed by atoms with Gasteiger partial charge in [-0.1, -0.05) is 35.9 Å². The van der Waals surface area contributed by atoms with Gasteiger partial charge in [0.1, 0.15) is 0 Å². The fraction of sp³-hybridized carbons (Fsp3) is 0.294. The number of hydrogen-bond donors (Lipinski definition) is 1. The summed E-state index contributed by atoms with van der Waals surface area (Å²) in [4.78, 5) is 0. The molecule has 0 aliphatic rings. The molecule has 0 amide bonds. The maximum absolute atomic E-state index is 6.19. The monoisotopic (exact) mass is 273 g/mol. The van der Waals surface area contributed by atoms with Gasteiger partial charge in [0.05, 0.1) is 0 Å². The Morgan fingerprint density at radius 2 is 1.68 bits per heavy atom. The van der Waals surface area contributed by atoms with Gasteiger partial charge < -0.3 is 5.32 Å². The highest BCUT2D eigenvalue weighted by molar-refractivity contribution is 6.31. The molecule has 0 spiro atoms. The third-order valence-corrected chi connectivity index (χ3v) is 4.06. The van der Waals surface area contributed by atoms with Gasteiger partial charge in [-0.3, -0.25) is 0 Å². The molecule has 2 rings (SSSR count). The van der Waals surface area contributed by atoms with E-state index in [1.807, 2.05) is 13.1 Å². The second-order valence-electron chi connectivity index (χ2n) is 5.01. The molecule has 1 N–H and O–H groups in total. The molecule has 0 aromatic heterocycles. The fourth-order valence-electron chi connectivity index (χ4n) is 2.35. The zero-order valence-corrected chi connectivity index (χ0v) is 12.7. The average Bonchev–Trinajstić information content (AvgIpc) is 2.42. The predicted molar refractivity (Wildman–Crippen MR) is 83.8 cm³/mol. The van der Waals surface area contributed by atoms with Crippen LogP contribution in [-0.2, 0) is 0 Å². The van der Waals surface area contributed by atoms with Crippen LogP contribution in [0.15, 0.2) is 36.4 Å². The third-order valence-electron chi connectivity index (χ3n) is 3.66. The SMILES string of the molecule is CNC(C)c1ccccc1-c1cc(C)c(Cl)cc1C. The standard InChI is InChI=1S/C17H20ClN/c1-11-10-17(18)12(2)9-16(11)15-8-6-5-7-14(15)13(3)19-4/h5-10,13,19H,1-4H3. The van der Waals surface area contributed by atoms with Gasteiger partial charge in [-0.15, -0.1) is 0 Å². The summed E-state index contributed by atoms with van der Waals surface area (Å²) >= 11 is 6.19. The van der Waals surface area contributed by atoms with Crippen LogP contribution in [0.25, 0.3) is 11.1 Å². The highest BCUT2D eigenvalue weighted by Crippen LogP contribution is 2.33. The quantitative estimate of drug-likeness (QED) is 0.838. The lowest BCUT2D eigenvalue weighted by Gasteiger charge is -2.18. The van der Waals surface area contributed by atoms with Crippen LogP contribution in [0.5, 0.6) is 0 Å². The fourth-order valence-corrected chi connectivity index (χ4v) is 2.56. The van der Waals surface area contributed by atoms with Crippen molar-refractivity contribution >= 4 is 11.6 Å². The highest BCUT2D eigenvalue weighted by atomic mass is 35.5. The molecule has 0 saturated carbocycles. The van der Waals surface area contributed by atoms with Crippen molar-refractivity contribution in [3.05, 3.63) is 58.1 Å². The average molecular weight is 274 g/mol. The van der Waals surface area contributed by atoms with E-state index in [1.54, 1.807) is 0 Å². The Morgan fingerprint density at radius 1 is 1.00 bits per heavy atom. The summed E-state index contributed by atoms with van der Waals surface area (Å²) < 4.78 is 0. The number of hydrogen-bond acceptors (Lipinski definition) is 1. The van der Waals surface area contributed by atoms with E-state index in [4.69, 9.17) is 11.6 Å². The zero-order valence-electron chi connectivity index (χ0n) is 11.9. The van der Waals surface area contributed by atoms with E-state index in [1.165, 1.54) is 22.3 Å². The molecule has 0 aliphatic carbocycles. The Kier molecular flexibility index (Phi) is 4.28. The summed E-state index contributed by atoms with van der Waals surface area (Å²) in [6, 6.07) is 13.1. The normalized spacial score (nSPS) is 12.5. The smallest absolute Gasteiger partial charge is 0.0438 e. The van der Waals surface area contributed by atoms with Crippen molar-refractivity contribution in [3.8, 4) is 11.1 Å². The summed E-state index contributed by atoms with van der Waals surface area (Å²) in [7, 11) is 1.99. The van der Waals surface area contributed by atoms with Crippen LogP contribution in [-0.4, -0.2) is 7.05 Å². The van der Waals surface area contributed by atoms with Crippen molar-refractivity contribution in [2.75, 3.05) is 7.05 Å². The first-order valence-electron chi connectivity index (χ1n) is 6.58. The number of halogens is 1. The van der Waals surface area contributed by atoms with Gasteiger partial charge >= 0.3 is 0 Å². The molecule has 1 unspecified atom stereocenters. The lowest BCUT2D eigenvalue weighted by atomic mass is 9.92. The molecule has 1 atom stereocenters. The van der Waals surface area contributed by atoms with E-state index >= 15 is 0 Å². The van der Waals surface area contributed by atoms with Crippen LogP contribution >= 0.6 is 11.6 Å². The number of benzene rings is 2. The van der Waals surface area contributed by atoms with Gasteiger partial charge in [-0.2, -0.15) is 0 Å². The van der Waals surface area contributed by atoms with Gasteiger partial charge in [0.25, 0.3) is 0 Å². The van der Waals surface area contributed by atoms with Crippen LogP contribution in [0, 0.1) is 13.8 Å². The first-order valence-corrected chi connectivity index (χ1v) is 6.95. The molecule has 19 heavy (non-hydrogen) atoms. The summed E-state index contributed by atoms with van der Waals surface area (Å²) in [6.07, 6.45) is 0. The van der Waals surface area contributed by atoms with Gasteiger partial charge in [-0.25, -0.2) is 0 Å². The van der Waals surface area contributed by atoms with Gasteiger partial charge in [-0.05, 0) is 67.8 Å². The second kappa shape index (κ2) is 5.77. The van der Waals surface area contributed by atoms with E-state index < -0.39 is 0 Å². The van der Waals surface area contributed by atoms with Crippen molar-refractivity contribution < 1.29 is 0 Å². The topological polar surface area (TPSA) is 12.0 Å². The number of nitrogens with one attached hydrogen (secondary N) is 1. The maximum Gasteiger partial charge on any atom is 0.0438 e. The van der Waals surface area contributed by atoms with Crippen LogP contribution in [0.1, 0.15) is 29.7 Å². The first kappa shape index (κ1) is 14.1. The summed E-state index contributed by atoms with van der Waals surface area (Å²) in [5.74, 6) is 0. The highest BCUT2D eigenvalue weighted by Gasteiger charge is 2.12. The van der Waals surface area contributed by atoms with Gasteiger partial charge in [0.15, 0.2) is 0 Å². The first-order chi connectivity index (χ1) is 9.04. The van der Waals surface area contributed by atoms with Crippen molar-refractivity contribution in [2.24, 2.45) is 0 Å². The van der Waals surface area contributed by atoms with Crippen molar-refractivity contribution in [1.82, 2.24) is 5.32 Å². The van der Waals surface area contributed by atoms with Crippen molar-refractivity contribution in [3.63, 3.8) is 0 Å². The second-order valence-corrected chi connectivity index (χ2v) is 5.42. The molecule has 0 radical (unpaired) electrons. The minimum atomic E-state index is 0.326. The van der Waals surface area contributed by atoms with E-state index in [-0.39, 0.29) is 0 Å². The molecule has 0 fully saturated rings. The van der Waals surface area contributed by atoms with Crippen molar-refractivity contribution in [2.45, 2.75) is 26.8 Å². The van der Waals surface area contributed by atoms with E-state index in [9.17, 15) is 0 Å². The van der Waals surface area contributed by atoms with Crippen LogP contribution in [0.3, 0.4) is 0 Å². The Hall–Kier alpha value is -1.31. The largest absolute Gasteiger partial charge is 0.313 e. The Balaban J connectivity index is 2.62. The number of aryl methyl sites for hydroxylation is 2. The molecule has 0 heterocycles. The van der Waals surface area contributed by atoms with Crippen LogP contribution in [0.4, 0.5) is 0 Å². The molecular formula is C17H20ClN. The Morgan fingerprint density at radius 3 is 2.37 bits per heavy atom. The molecule has 0 saturated heterocycles. The van der Waals surface area contributed by atoms with Gasteiger partial charge in [0, 0.05) is 11.1 Å². The van der Waals surface area contributed by atoms with Gasteiger partial charge in [0.2, 0.25) is 0 Å². The minimum absolute atomic E-state index is 0.326. The Bertz CT molecular complexity index is 590. The van der Waals surface area contributed by atoms with E-state index in [2.05, 4.69) is 56.4 Å². The van der Waals surface area contributed by atoms with Crippen molar-refractivity contribution in [1.29, 1.82) is 0 Å². The molecule has 2 heteroatoms. The Labute approximate surface area is 120 Å². The molecule has 0 aliphatic heterocycles. The molecule has 2 aromatic carbocycles. The number of rotatable bonds is 3. The molecule has 100 valence electrons.